The molecule has 0 aromatic heterocycles. The monoisotopic (exact) mass is 243 g/mol. The van der Waals surface area contributed by atoms with E-state index in [-0.39, 0.29) is 6.10 Å². The highest BCUT2D eigenvalue weighted by Crippen LogP contribution is 2.22. The molecule has 0 aliphatic rings. The average molecular weight is 244 g/mol. The highest BCUT2D eigenvalue weighted by atomic mass is 79.9. The van der Waals surface area contributed by atoms with Crippen molar-refractivity contribution in [2.24, 2.45) is 0 Å². The van der Waals surface area contributed by atoms with E-state index in [1.165, 1.54) is 0 Å². The van der Waals surface area contributed by atoms with Crippen molar-refractivity contribution in [2.75, 3.05) is 0 Å². The fraction of sp³-hybridized carbons (Fsp3) is 0.300. The molecule has 0 aliphatic heterocycles. The molecular formula is C10H12BrO2. The summed E-state index contributed by atoms with van der Waals surface area (Å²) < 4.78 is 6.37. The predicted molar refractivity (Wildman–Crippen MR) is 55.2 cm³/mol. The lowest BCUT2D eigenvalue weighted by Crippen LogP contribution is -2.05. The van der Waals surface area contributed by atoms with Crippen LogP contribution < -0.4 is 4.74 Å². The first-order chi connectivity index (χ1) is 6.11. The Labute approximate surface area is 86.7 Å². The Morgan fingerprint density at radius 1 is 1.38 bits per heavy atom. The number of benzene rings is 1. The second-order valence-electron chi connectivity index (χ2n) is 3.02. The SMILES string of the molecule is CC(C)Oc1cc(Br)cc([CH]O)c1. The van der Waals surface area contributed by atoms with Crippen LogP contribution >= 0.6 is 15.9 Å². The van der Waals surface area contributed by atoms with Crippen molar-refractivity contribution in [1.82, 2.24) is 0 Å². The van der Waals surface area contributed by atoms with Crippen LogP contribution in [-0.2, 0) is 0 Å². The summed E-state index contributed by atoms with van der Waals surface area (Å²) in [5, 5.41) is 8.82. The Bertz CT molecular complexity index is 284. The van der Waals surface area contributed by atoms with Gasteiger partial charge in [0.2, 0.25) is 0 Å². The molecule has 0 unspecified atom stereocenters. The average Bonchev–Trinajstić information content (AvgIpc) is 2.01. The summed E-state index contributed by atoms with van der Waals surface area (Å²) in [4.78, 5) is 0. The first-order valence-electron chi connectivity index (χ1n) is 4.06. The van der Waals surface area contributed by atoms with Gasteiger partial charge in [-0.25, -0.2) is 0 Å². The molecule has 1 aromatic rings. The molecule has 0 aliphatic carbocycles. The van der Waals surface area contributed by atoms with Crippen LogP contribution in [0, 0.1) is 6.61 Å². The molecule has 1 radical (unpaired) electrons. The molecule has 1 N–H and O–H groups in total. The maximum atomic E-state index is 8.82. The van der Waals surface area contributed by atoms with E-state index in [0.717, 1.165) is 22.4 Å². The highest BCUT2D eigenvalue weighted by Gasteiger charge is 2.01. The van der Waals surface area contributed by atoms with Gasteiger partial charge in [0.1, 0.15) is 12.4 Å². The van der Waals surface area contributed by atoms with E-state index in [1.54, 1.807) is 6.07 Å². The summed E-state index contributed by atoms with van der Waals surface area (Å²) in [6, 6.07) is 5.46. The predicted octanol–water partition coefficient (Wildman–Crippen LogP) is 3.12. The van der Waals surface area contributed by atoms with Gasteiger partial charge < -0.3 is 9.84 Å². The van der Waals surface area contributed by atoms with Gasteiger partial charge in [-0.3, -0.25) is 0 Å². The third kappa shape index (κ3) is 3.36. The maximum absolute atomic E-state index is 8.82. The second kappa shape index (κ2) is 4.63. The lowest BCUT2D eigenvalue weighted by molar-refractivity contribution is 0.242. The van der Waals surface area contributed by atoms with Gasteiger partial charge in [-0.1, -0.05) is 15.9 Å². The molecule has 1 aromatic carbocycles. The van der Waals surface area contributed by atoms with Crippen molar-refractivity contribution >= 4 is 15.9 Å². The number of aliphatic hydroxyl groups is 1. The molecule has 3 heteroatoms. The molecule has 0 saturated heterocycles. The van der Waals surface area contributed by atoms with Gasteiger partial charge >= 0.3 is 0 Å². The van der Waals surface area contributed by atoms with Gasteiger partial charge in [-0.05, 0) is 37.6 Å². The van der Waals surface area contributed by atoms with Crippen LogP contribution in [0.2, 0.25) is 0 Å². The number of ether oxygens (including phenoxy) is 1. The van der Waals surface area contributed by atoms with E-state index in [2.05, 4.69) is 15.9 Å². The molecule has 0 amide bonds. The van der Waals surface area contributed by atoms with Crippen LogP contribution in [-0.4, -0.2) is 11.2 Å². The normalized spacial score (nSPS) is 10.5. The largest absolute Gasteiger partial charge is 0.491 e. The lowest BCUT2D eigenvalue weighted by Gasteiger charge is -2.10. The van der Waals surface area contributed by atoms with Crippen molar-refractivity contribution in [3.05, 3.63) is 34.8 Å². The highest BCUT2D eigenvalue weighted by molar-refractivity contribution is 9.10. The Morgan fingerprint density at radius 2 is 2.08 bits per heavy atom. The Kier molecular flexibility index (Phi) is 3.75. The van der Waals surface area contributed by atoms with Crippen molar-refractivity contribution in [1.29, 1.82) is 0 Å². The third-order valence-electron chi connectivity index (χ3n) is 1.41. The first kappa shape index (κ1) is 10.5. The van der Waals surface area contributed by atoms with Crippen LogP contribution in [0.4, 0.5) is 0 Å². The second-order valence-corrected chi connectivity index (χ2v) is 3.93. The Morgan fingerprint density at radius 3 is 2.62 bits per heavy atom. The molecule has 71 valence electrons. The number of halogens is 1. The number of aliphatic hydroxyl groups excluding tert-OH is 1. The summed E-state index contributed by atoms with van der Waals surface area (Å²) >= 11 is 3.33. The quantitative estimate of drug-likeness (QED) is 0.885. The van der Waals surface area contributed by atoms with E-state index in [4.69, 9.17) is 9.84 Å². The van der Waals surface area contributed by atoms with Gasteiger partial charge in [0.15, 0.2) is 0 Å². The third-order valence-corrected chi connectivity index (χ3v) is 1.87. The van der Waals surface area contributed by atoms with Gasteiger partial charge in [-0.2, -0.15) is 0 Å². The summed E-state index contributed by atoms with van der Waals surface area (Å²) in [5.74, 6) is 0.754. The van der Waals surface area contributed by atoms with Gasteiger partial charge in [0.25, 0.3) is 0 Å². The summed E-state index contributed by atoms with van der Waals surface area (Å²) in [6.45, 7) is 4.98. The van der Waals surface area contributed by atoms with Gasteiger partial charge in [0, 0.05) is 4.47 Å². The number of hydrogen-bond acceptors (Lipinski definition) is 2. The minimum absolute atomic E-state index is 0.140. The summed E-state index contributed by atoms with van der Waals surface area (Å²) in [7, 11) is 0. The van der Waals surface area contributed by atoms with E-state index >= 15 is 0 Å². The van der Waals surface area contributed by atoms with E-state index in [9.17, 15) is 0 Å². The zero-order valence-corrected chi connectivity index (χ0v) is 9.21. The number of hydrogen-bond donors (Lipinski definition) is 1. The van der Waals surface area contributed by atoms with Crippen LogP contribution in [0.3, 0.4) is 0 Å². The van der Waals surface area contributed by atoms with Crippen LogP contribution in [0.5, 0.6) is 5.75 Å². The summed E-state index contributed by atoms with van der Waals surface area (Å²) in [6.07, 6.45) is 0.140. The van der Waals surface area contributed by atoms with E-state index in [0.29, 0.717) is 0 Å². The van der Waals surface area contributed by atoms with E-state index < -0.39 is 0 Å². The molecular weight excluding hydrogens is 232 g/mol. The Hall–Kier alpha value is -0.540. The van der Waals surface area contributed by atoms with E-state index in [1.807, 2.05) is 26.0 Å². The number of rotatable bonds is 3. The van der Waals surface area contributed by atoms with Gasteiger partial charge in [-0.15, -0.1) is 0 Å². The minimum atomic E-state index is 0.140. The molecule has 0 atom stereocenters. The molecule has 0 fully saturated rings. The van der Waals surface area contributed by atoms with Crippen LogP contribution in [0.15, 0.2) is 22.7 Å². The lowest BCUT2D eigenvalue weighted by atomic mass is 10.2. The zero-order valence-electron chi connectivity index (χ0n) is 7.62. The topological polar surface area (TPSA) is 29.5 Å². The standard InChI is InChI=1S/C10H12BrO2/c1-7(2)13-10-4-8(6-12)3-9(11)5-10/h3-7,12H,1-2H3. The van der Waals surface area contributed by atoms with Crippen molar-refractivity contribution < 1.29 is 9.84 Å². The Balaban J connectivity index is 2.88. The molecule has 0 heterocycles. The molecule has 1 rings (SSSR count). The zero-order chi connectivity index (χ0) is 9.84. The smallest absolute Gasteiger partial charge is 0.121 e. The van der Waals surface area contributed by atoms with Crippen molar-refractivity contribution in [3.63, 3.8) is 0 Å². The minimum Gasteiger partial charge on any atom is -0.491 e. The first-order valence-corrected chi connectivity index (χ1v) is 4.86. The molecule has 0 bridgehead atoms. The van der Waals surface area contributed by atoms with Crippen LogP contribution in [0.1, 0.15) is 19.4 Å². The van der Waals surface area contributed by atoms with Crippen molar-refractivity contribution in [2.45, 2.75) is 20.0 Å². The maximum Gasteiger partial charge on any atom is 0.121 e. The molecule has 0 spiro atoms. The molecule has 13 heavy (non-hydrogen) atoms. The molecule has 0 saturated carbocycles. The van der Waals surface area contributed by atoms with Crippen LogP contribution in [0.25, 0.3) is 0 Å². The fourth-order valence-corrected chi connectivity index (χ4v) is 1.49. The molecule has 2 nitrogen and oxygen atoms in total. The fourth-order valence-electron chi connectivity index (χ4n) is 0.999. The van der Waals surface area contributed by atoms with Gasteiger partial charge in [0.05, 0.1) is 6.10 Å². The summed E-state index contributed by atoms with van der Waals surface area (Å²) in [5.41, 5.74) is 0.727. The van der Waals surface area contributed by atoms with Crippen molar-refractivity contribution in [3.8, 4) is 5.75 Å².